The lowest BCUT2D eigenvalue weighted by Gasteiger charge is -2.12. The fourth-order valence-corrected chi connectivity index (χ4v) is 1.78. The number of imidazole rings is 1. The number of benzene rings is 1. The molecule has 1 aromatic carbocycles. The molecule has 0 aliphatic carbocycles. The molecule has 0 fully saturated rings. The summed E-state index contributed by atoms with van der Waals surface area (Å²) in [4.78, 5) is 4.28. The topological polar surface area (TPSA) is 53.1 Å². The van der Waals surface area contributed by atoms with E-state index in [0.29, 0.717) is 0 Å². The van der Waals surface area contributed by atoms with Crippen molar-refractivity contribution >= 4 is 0 Å². The van der Waals surface area contributed by atoms with Crippen LogP contribution in [0.3, 0.4) is 0 Å². The molecular formula is C13H17N3O. The lowest BCUT2D eigenvalue weighted by molar-refractivity contribution is 0.413. The van der Waals surface area contributed by atoms with Crippen molar-refractivity contribution in [3.63, 3.8) is 0 Å². The molecule has 0 saturated heterocycles. The SMILES string of the molecule is COc1cccc(C(N)Cc2nccn2C)c1. The number of aromatic nitrogens is 2. The molecule has 1 atom stereocenters. The Bertz CT molecular complexity index is 493. The van der Waals surface area contributed by atoms with Crippen LogP contribution in [-0.2, 0) is 13.5 Å². The van der Waals surface area contributed by atoms with Gasteiger partial charge < -0.3 is 15.0 Å². The van der Waals surface area contributed by atoms with Gasteiger partial charge in [0.15, 0.2) is 0 Å². The molecule has 0 radical (unpaired) electrons. The first kappa shape index (κ1) is 11.7. The highest BCUT2D eigenvalue weighted by molar-refractivity contribution is 5.30. The van der Waals surface area contributed by atoms with Crippen LogP contribution in [0.25, 0.3) is 0 Å². The first-order valence-corrected chi connectivity index (χ1v) is 5.56. The van der Waals surface area contributed by atoms with Crippen LogP contribution >= 0.6 is 0 Å². The third kappa shape index (κ3) is 2.65. The number of methoxy groups -OCH3 is 1. The zero-order valence-electron chi connectivity index (χ0n) is 10.1. The molecule has 2 aromatic rings. The molecule has 0 aliphatic rings. The molecule has 1 aromatic heterocycles. The Morgan fingerprint density at radius 1 is 1.47 bits per heavy atom. The van der Waals surface area contributed by atoms with Crippen LogP contribution in [0.5, 0.6) is 5.75 Å². The maximum Gasteiger partial charge on any atom is 0.119 e. The van der Waals surface area contributed by atoms with Gasteiger partial charge in [0.2, 0.25) is 0 Å². The Hall–Kier alpha value is -1.81. The van der Waals surface area contributed by atoms with Crippen LogP contribution in [0.4, 0.5) is 0 Å². The summed E-state index contributed by atoms with van der Waals surface area (Å²) in [6.07, 6.45) is 4.43. The van der Waals surface area contributed by atoms with Crippen molar-refractivity contribution in [1.82, 2.24) is 9.55 Å². The smallest absolute Gasteiger partial charge is 0.119 e. The normalized spacial score (nSPS) is 12.4. The number of hydrogen-bond donors (Lipinski definition) is 1. The van der Waals surface area contributed by atoms with Gasteiger partial charge in [-0.1, -0.05) is 12.1 Å². The number of rotatable bonds is 4. The van der Waals surface area contributed by atoms with Gasteiger partial charge in [0, 0.05) is 31.9 Å². The first-order chi connectivity index (χ1) is 8.20. The highest BCUT2D eigenvalue weighted by Crippen LogP contribution is 2.19. The summed E-state index contributed by atoms with van der Waals surface area (Å²) < 4.78 is 7.17. The van der Waals surface area contributed by atoms with E-state index in [2.05, 4.69) is 4.98 Å². The van der Waals surface area contributed by atoms with Crippen molar-refractivity contribution in [3.8, 4) is 5.75 Å². The minimum absolute atomic E-state index is 0.0637. The van der Waals surface area contributed by atoms with E-state index in [1.807, 2.05) is 42.1 Å². The minimum atomic E-state index is -0.0637. The predicted molar refractivity (Wildman–Crippen MR) is 66.8 cm³/mol. The molecule has 0 spiro atoms. The number of aryl methyl sites for hydroxylation is 1. The van der Waals surface area contributed by atoms with Crippen LogP contribution in [-0.4, -0.2) is 16.7 Å². The van der Waals surface area contributed by atoms with Crippen molar-refractivity contribution in [2.24, 2.45) is 12.8 Å². The second-order valence-electron chi connectivity index (χ2n) is 4.04. The monoisotopic (exact) mass is 231 g/mol. The molecule has 0 aliphatic heterocycles. The van der Waals surface area contributed by atoms with E-state index in [4.69, 9.17) is 10.5 Å². The van der Waals surface area contributed by atoms with Crippen molar-refractivity contribution < 1.29 is 4.74 Å². The number of hydrogen-bond acceptors (Lipinski definition) is 3. The first-order valence-electron chi connectivity index (χ1n) is 5.56. The lowest BCUT2D eigenvalue weighted by Crippen LogP contribution is -2.15. The summed E-state index contributed by atoms with van der Waals surface area (Å²) in [7, 11) is 3.63. The van der Waals surface area contributed by atoms with Gasteiger partial charge in [-0.2, -0.15) is 0 Å². The molecule has 2 rings (SSSR count). The van der Waals surface area contributed by atoms with Gasteiger partial charge >= 0.3 is 0 Å². The van der Waals surface area contributed by atoms with Gasteiger partial charge in [0.05, 0.1) is 7.11 Å². The van der Waals surface area contributed by atoms with Gasteiger partial charge in [0.1, 0.15) is 11.6 Å². The third-order valence-corrected chi connectivity index (χ3v) is 2.85. The average Bonchev–Trinajstić information content (AvgIpc) is 2.75. The highest BCUT2D eigenvalue weighted by atomic mass is 16.5. The number of nitrogens with two attached hydrogens (primary N) is 1. The van der Waals surface area contributed by atoms with Gasteiger partial charge in [-0.3, -0.25) is 0 Å². The Kier molecular flexibility index (Phi) is 3.44. The van der Waals surface area contributed by atoms with E-state index in [-0.39, 0.29) is 6.04 Å². The minimum Gasteiger partial charge on any atom is -0.497 e. The quantitative estimate of drug-likeness (QED) is 0.870. The van der Waals surface area contributed by atoms with Crippen molar-refractivity contribution in [2.75, 3.05) is 7.11 Å². The molecule has 17 heavy (non-hydrogen) atoms. The standard InChI is InChI=1S/C13H17N3O/c1-16-7-6-15-13(16)9-12(14)10-4-3-5-11(8-10)17-2/h3-8,12H,9,14H2,1-2H3. The average molecular weight is 231 g/mol. The summed E-state index contributed by atoms with van der Waals surface area (Å²) in [6.45, 7) is 0. The van der Waals surface area contributed by atoms with Gasteiger partial charge in [-0.15, -0.1) is 0 Å². The highest BCUT2D eigenvalue weighted by Gasteiger charge is 2.10. The van der Waals surface area contributed by atoms with Crippen molar-refractivity contribution in [3.05, 3.63) is 48.0 Å². The molecule has 1 unspecified atom stereocenters. The summed E-state index contributed by atoms with van der Waals surface area (Å²) in [6, 6.07) is 7.78. The van der Waals surface area contributed by atoms with Crippen LogP contribution in [0.2, 0.25) is 0 Å². The van der Waals surface area contributed by atoms with E-state index in [1.54, 1.807) is 13.3 Å². The van der Waals surface area contributed by atoms with E-state index >= 15 is 0 Å². The summed E-state index contributed by atoms with van der Waals surface area (Å²) in [5, 5.41) is 0. The Labute approximate surface area is 101 Å². The fraction of sp³-hybridized carbons (Fsp3) is 0.308. The molecule has 4 nitrogen and oxygen atoms in total. The third-order valence-electron chi connectivity index (χ3n) is 2.85. The Morgan fingerprint density at radius 2 is 2.29 bits per heavy atom. The zero-order chi connectivity index (χ0) is 12.3. The molecule has 0 saturated carbocycles. The van der Waals surface area contributed by atoms with Crippen molar-refractivity contribution in [1.29, 1.82) is 0 Å². The van der Waals surface area contributed by atoms with E-state index in [1.165, 1.54) is 0 Å². The van der Waals surface area contributed by atoms with Crippen LogP contribution in [0, 0.1) is 0 Å². The Balaban J connectivity index is 2.14. The molecule has 90 valence electrons. The van der Waals surface area contributed by atoms with Crippen LogP contribution in [0.15, 0.2) is 36.7 Å². The predicted octanol–water partition coefficient (Wildman–Crippen LogP) is 1.67. The molecule has 4 heteroatoms. The maximum absolute atomic E-state index is 6.17. The zero-order valence-corrected chi connectivity index (χ0v) is 10.1. The Morgan fingerprint density at radius 3 is 2.94 bits per heavy atom. The van der Waals surface area contributed by atoms with Gasteiger partial charge in [0.25, 0.3) is 0 Å². The van der Waals surface area contributed by atoms with Crippen LogP contribution < -0.4 is 10.5 Å². The van der Waals surface area contributed by atoms with Gasteiger partial charge in [-0.25, -0.2) is 4.98 Å². The maximum atomic E-state index is 6.17. The van der Waals surface area contributed by atoms with Crippen LogP contribution in [0.1, 0.15) is 17.4 Å². The molecule has 2 N–H and O–H groups in total. The number of nitrogens with zero attached hydrogens (tertiary/aromatic N) is 2. The summed E-state index contributed by atoms with van der Waals surface area (Å²) in [5.41, 5.74) is 7.23. The van der Waals surface area contributed by atoms with E-state index < -0.39 is 0 Å². The molecular weight excluding hydrogens is 214 g/mol. The summed E-state index contributed by atoms with van der Waals surface area (Å²) >= 11 is 0. The van der Waals surface area contributed by atoms with E-state index in [0.717, 1.165) is 23.6 Å². The summed E-state index contributed by atoms with van der Waals surface area (Å²) in [5.74, 6) is 1.82. The van der Waals surface area contributed by atoms with Crippen molar-refractivity contribution in [2.45, 2.75) is 12.5 Å². The molecule has 0 amide bonds. The van der Waals surface area contributed by atoms with E-state index in [9.17, 15) is 0 Å². The van der Waals surface area contributed by atoms with Gasteiger partial charge in [-0.05, 0) is 17.7 Å². The number of ether oxygens (including phenoxy) is 1. The molecule has 1 heterocycles. The second kappa shape index (κ2) is 5.01. The molecule has 0 bridgehead atoms. The fourth-order valence-electron chi connectivity index (χ4n) is 1.78. The lowest BCUT2D eigenvalue weighted by atomic mass is 10.0. The second-order valence-corrected chi connectivity index (χ2v) is 4.04. The largest absolute Gasteiger partial charge is 0.497 e.